The number of aryl methyl sites for hydroxylation is 4. The summed E-state index contributed by atoms with van der Waals surface area (Å²) >= 11 is 0. The summed E-state index contributed by atoms with van der Waals surface area (Å²) in [5.74, 6) is 0.841. The second-order valence-electron chi connectivity index (χ2n) is 15.3. The zero-order chi connectivity index (χ0) is 41.2. The largest absolute Gasteiger partial charge is 0.512 e. The third-order valence-electron chi connectivity index (χ3n) is 10.7. The Morgan fingerprint density at radius 3 is 2.00 bits per heavy atom. The monoisotopic (exact) mass is 926 g/mol. The van der Waals surface area contributed by atoms with Gasteiger partial charge in [-0.2, -0.15) is 0 Å². The summed E-state index contributed by atoms with van der Waals surface area (Å²) in [4.78, 5) is 21.0. The number of rotatable bonds is 10. The Balaban J connectivity index is 0.000000231. The van der Waals surface area contributed by atoms with Crippen molar-refractivity contribution in [3.8, 4) is 22.5 Å². The maximum absolute atomic E-state index is 11.9. The van der Waals surface area contributed by atoms with E-state index < -0.39 is 0 Å². The van der Waals surface area contributed by atoms with Gasteiger partial charge in [-0.1, -0.05) is 125 Å². The van der Waals surface area contributed by atoms with Crippen molar-refractivity contribution in [2.45, 2.75) is 108 Å². The normalized spacial score (nSPS) is 11.7. The number of fused-ring (bicyclic) bond motifs is 2. The summed E-state index contributed by atoms with van der Waals surface area (Å²) in [5, 5.41) is 13.4. The van der Waals surface area contributed by atoms with Crippen molar-refractivity contribution in [3.05, 3.63) is 143 Å². The van der Waals surface area contributed by atoms with E-state index in [-0.39, 0.29) is 43.0 Å². The number of ketones is 1. The summed E-state index contributed by atoms with van der Waals surface area (Å²) in [6.07, 6.45) is 5.13. The first-order valence-electron chi connectivity index (χ1n) is 20.3. The van der Waals surface area contributed by atoms with E-state index in [4.69, 9.17) is 6.35 Å². The van der Waals surface area contributed by atoms with E-state index >= 15 is 0 Å². The first-order valence-corrected chi connectivity index (χ1v) is 19.8. The van der Waals surface area contributed by atoms with E-state index in [9.17, 15) is 9.90 Å². The van der Waals surface area contributed by atoms with Crippen molar-refractivity contribution < 1.29 is 31.4 Å². The number of aliphatic hydroxyl groups is 1. The number of carbonyl (C=O) groups excluding carboxylic acids is 1. The van der Waals surface area contributed by atoms with Gasteiger partial charge in [-0.25, -0.2) is 0 Å². The van der Waals surface area contributed by atoms with Gasteiger partial charge in [0.05, 0.1) is 6.89 Å². The number of allylic oxidation sites excluding steroid dienone is 2. The average Bonchev–Trinajstić information content (AvgIpc) is 3.17. The molecule has 4 aromatic carbocycles. The maximum atomic E-state index is 11.9. The molecular weight excluding hydrogens is 865 g/mol. The van der Waals surface area contributed by atoms with Gasteiger partial charge < -0.3 is 10.1 Å². The molecule has 6 rings (SSSR count). The standard InChI is InChI=1S/C20H20N.C17H14N.C14H26O2.Ir/c1-13(2)16-5-6-19-17(12-16)7-8-21-20(19)18-10-14(3)9-15(4)11-18;1-12-9-13(2)11-15(10-12)17-8-7-14-5-3-4-6-16(14)18-17;1-6-11(7-2)12(15)10-13(16)14(5,8-3)9-4;/h5-10,12-13H,1-4H3;3-10H,1-2H3;10-11,16H,6-9H2,1-5H3;/q2*-1;;/b;;13-10-;/i8D;;;. The van der Waals surface area contributed by atoms with Crippen molar-refractivity contribution in [3.63, 3.8) is 0 Å². The predicted molar refractivity (Wildman–Crippen MR) is 234 cm³/mol. The third kappa shape index (κ3) is 12.0. The van der Waals surface area contributed by atoms with Crippen molar-refractivity contribution >= 4 is 27.5 Å². The van der Waals surface area contributed by atoms with Crippen LogP contribution in [0.5, 0.6) is 0 Å². The fraction of sp³-hybridized carbons (Fsp3) is 0.353. The molecule has 1 radical (unpaired) electrons. The van der Waals surface area contributed by atoms with Crippen LogP contribution in [0, 0.1) is 51.2 Å². The van der Waals surface area contributed by atoms with Crippen LogP contribution < -0.4 is 0 Å². The van der Waals surface area contributed by atoms with Crippen molar-refractivity contribution in [1.29, 1.82) is 0 Å². The van der Waals surface area contributed by atoms with E-state index in [1.807, 2.05) is 65.8 Å². The summed E-state index contributed by atoms with van der Waals surface area (Å²) < 4.78 is 8.03. The molecule has 0 saturated carbocycles. The fourth-order valence-corrected chi connectivity index (χ4v) is 6.71. The smallest absolute Gasteiger partial charge is 0.162 e. The molecule has 0 atom stereocenters. The molecule has 0 amide bonds. The van der Waals surface area contributed by atoms with E-state index in [0.29, 0.717) is 12.1 Å². The number of hydrogen-bond donors (Lipinski definition) is 1. The first-order chi connectivity index (χ1) is 26.6. The van der Waals surface area contributed by atoms with Gasteiger partial charge in [0, 0.05) is 43.7 Å². The van der Waals surface area contributed by atoms with Crippen molar-refractivity contribution in [2.75, 3.05) is 0 Å². The Kier molecular flexibility index (Phi) is 16.8. The second kappa shape index (κ2) is 21.2. The molecule has 0 aliphatic rings. The van der Waals surface area contributed by atoms with Gasteiger partial charge in [0.25, 0.3) is 0 Å². The Hall–Kier alpha value is -4.44. The van der Waals surface area contributed by atoms with Crippen LogP contribution in [0.3, 0.4) is 0 Å². The van der Waals surface area contributed by atoms with Gasteiger partial charge in [-0.05, 0) is 76.8 Å². The van der Waals surface area contributed by atoms with Gasteiger partial charge >= 0.3 is 0 Å². The molecule has 5 heteroatoms. The number of carbonyl (C=O) groups is 1. The SMILES string of the molecule is CCC(CC)C(=O)/C=C(\O)C(C)(CC)CC.Cc1[c-]c(-c2ccc3ccccc3n2)cc(C)c1.[2H]c1cc2cc(C(C)C)ccc2c(-c2[c-]c(C)cc(C)c2)n1.[Ir]. The molecule has 0 unspecified atom stereocenters. The van der Waals surface area contributed by atoms with Crippen LogP contribution in [0.1, 0.15) is 109 Å². The van der Waals surface area contributed by atoms with Crippen LogP contribution in [0.25, 0.3) is 44.2 Å². The quantitative estimate of drug-likeness (QED) is 0.0845. The van der Waals surface area contributed by atoms with Gasteiger partial charge in [0.15, 0.2) is 5.78 Å². The van der Waals surface area contributed by atoms with Gasteiger partial charge in [-0.15, -0.1) is 69.8 Å². The number of aliphatic hydroxyl groups excluding tert-OH is 1. The minimum absolute atomic E-state index is 0. The van der Waals surface area contributed by atoms with Crippen LogP contribution >= 0.6 is 0 Å². The van der Waals surface area contributed by atoms with Crippen LogP contribution in [0.15, 0.2) is 103 Å². The molecule has 2 heterocycles. The number of aromatic nitrogens is 2. The molecule has 0 bridgehead atoms. The summed E-state index contributed by atoms with van der Waals surface area (Å²) in [7, 11) is 0. The molecule has 2 aromatic heterocycles. The first kappa shape index (κ1) is 44.3. The van der Waals surface area contributed by atoms with Crippen molar-refractivity contribution in [2.24, 2.45) is 11.3 Å². The Bertz CT molecular complexity index is 2260. The summed E-state index contributed by atoms with van der Waals surface area (Å²) in [6, 6.07) is 35.8. The predicted octanol–water partition coefficient (Wildman–Crippen LogP) is 14.0. The Morgan fingerprint density at radius 2 is 1.41 bits per heavy atom. The van der Waals surface area contributed by atoms with Crippen LogP contribution in [0.2, 0.25) is 0 Å². The van der Waals surface area contributed by atoms with Gasteiger partial charge in [-0.3, -0.25) is 9.78 Å². The number of para-hydroxylation sites is 1. The molecule has 0 saturated heterocycles. The molecule has 4 nitrogen and oxygen atoms in total. The molecule has 0 spiro atoms. The molecule has 0 aliphatic heterocycles. The molecule has 56 heavy (non-hydrogen) atoms. The van der Waals surface area contributed by atoms with Crippen LogP contribution in [0.4, 0.5) is 0 Å². The zero-order valence-electron chi connectivity index (χ0n) is 36.2. The third-order valence-corrected chi connectivity index (χ3v) is 10.7. The molecule has 297 valence electrons. The van der Waals surface area contributed by atoms with E-state index in [2.05, 4.69) is 112 Å². The van der Waals surface area contributed by atoms with Crippen molar-refractivity contribution in [1.82, 2.24) is 9.97 Å². The van der Waals surface area contributed by atoms with E-state index in [1.54, 1.807) is 0 Å². The number of hydrogen-bond acceptors (Lipinski definition) is 4. The molecule has 0 fully saturated rings. The summed E-state index contributed by atoms with van der Waals surface area (Å²) in [5.41, 5.74) is 10.6. The molecular formula is C51H60IrN2O2-2. The topological polar surface area (TPSA) is 63.1 Å². The minimum atomic E-state index is -0.248. The Labute approximate surface area is 351 Å². The van der Waals surface area contributed by atoms with E-state index in [0.717, 1.165) is 75.6 Å². The minimum Gasteiger partial charge on any atom is -0.512 e. The maximum Gasteiger partial charge on any atom is 0.162 e. The summed E-state index contributed by atoms with van der Waals surface area (Å²) in [6.45, 7) is 22.7. The number of nitrogens with zero attached hydrogens (tertiary/aromatic N) is 2. The molecule has 6 aromatic rings. The van der Waals surface area contributed by atoms with Gasteiger partial charge in [0.1, 0.15) is 5.76 Å². The number of pyridine rings is 2. The average molecular weight is 926 g/mol. The van der Waals surface area contributed by atoms with Crippen LogP contribution in [-0.4, -0.2) is 20.9 Å². The number of benzene rings is 4. The Morgan fingerprint density at radius 1 is 0.804 bits per heavy atom. The van der Waals surface area contributed by atoms with Crippen LogP contribution in [-0.2, 0) is 24.9 Å². The fourth-order valence-electron chi connectivity index (χ4n) is 6.71. The molecule has 1 N–H and O–H groups in total. The zero-order valence-corrected chi connectivity index (χ0v) is 37.6. The van der Waals surface area contributed by atoms with Gasteiger partial charge in [0.2, 0.25) is 0 Å². The van der Waals surface area contributed by atoms with E-state index in [1.165, 1.54) is 28.2 Å². The second-order valence-corrected chi connectivity index (χ2v) is 15.3. The molecule has 0 aliphatic carbocycles.